The molecule has 0 N–H and O–H groups in total. The van der Waals surface area contributed by atoms with Crippen molar-refractivity contribution in [2.45, 2.75) is 26.2 Å². The maximum absolute atomic E-state index is 2.43. The van der Waals surface area contributed by atoms with Gasteiger partial charge in [-0.3, -0.25) is 0 Å². The van der Waals surface area contributed by atoms with E-state index in [1.165, 1.54) is 88.3 Å². The Morgan fingerprint density at radius 1 is 0.397 bits per heavy atom. The van der Waals surface area contributed by atoms with Gasteiger partial charge in [0, 0.05) is 38.9 Å². The smallest absolute Gasteiger partial charge is 0.0541 e. The number of aryl methyl sites for hydroxylation is 1. The van der Waals surface area contributed by atoms with Crippen LogP contribution in [0.1, 0.15) is 30.5 Å². The first-order chi connectivity index (χ1) is 28.4. The molecule has 0 fully saturated rings. The van der Waals surface area contributed by atoms with E-state index in [-0.39, 0.29) is 5.41 Å². The van der Waals surface area contributed by atoms with Gasteiger partial charge in [-0.15, -0.1) is 0 Å². The maximum atomic E-state index is 2.43. The highest BCUT2D eigenvalue weighted by atomic mass is 15.1. The Morgan fingerprint density at radius 3 is 1.71 bits per heavy atom. The highest BCUT2D eigenvalue weighted by molar-refractivity contribution is 6.09. The number of hydrogen-bond donors (Lipinski definition) is 0. The van der Waals surface area contributed by atoms with Gasteiger partial charge in [0.2, 0.25) is 0 Å². The molecule has 1 aliphatic carbocycles. The van der Waals surface area contributed by atoms with Crippen LogP contribution in [0.2, 0.25) is 0 Å². The molecule has 0 bridgehead atoms. The summed E-state index contributed by atoms with van der Waals surface area (Å²) in [5.41, 5.74) is 18.3. The van der Waals surface area contributed by atoms with Crippen LogP contribution < -0.4 is 4.90 Å². The lowest BCUT2D eigenvalue weighted by Gasteiger charge is -2.28. The van der Waals surface area contributed by atoms with Gasteiger partial charge in [-0.05, 0) is 141 Å². The molecule has 1 aromatic heterocycles. The normalized spacial score (nSPS) is 12.9. The minimum Gasteiger partial charge on any atom is -0.310 e. The lowest BCUT2D eigenvalue weighted by Crippen LogP contribution is -2.17. The first kappa shape index (κ1) is 34.1. The van der Waals surface area contributed by atoms with Gasteiger partial charge < -0.3 is 9.47 Å². The summed E-state index contributed by atoms with van der Waals surface area (Å²) in [5, 5.41) is 5.15. The summed E-state index contributed by atoms with van der Waals surface area (Å²) < 4.78 is 2.43. The molecule has 11 rings (SSSR count). The standard InChI is InChI=1S/C56H42N2/c1-37-13-11-16-42-34-41(25-30-47(37)42)40-15-12-14-39(33-40)38-23-26-44(27-24-38)57(43-17-5-4-6-18-43)45-28-31-48-49-32-29-46(36-53(49)56(2,3)52(48)35-45)58-54-21-9-7-19-50(54)51-20-8-10-22-55(51)58/h4-36H,1-3H3. The van der Waals surface area contributed by atoms with Gasteiger partial charge >= 0.3 is 0 Å². The Labute approximate surface area is 339 Å². The Kier molecular flexibility index (Phi) is 7.78. The number of rotatable bonds is 6. The van der Waals surface area contributed by atoms with Crippen molar-refractivity contribution >= 4 is 49.6 Å². The Balaban J connectivity index is 0.954. The third-order valence-electron chi connectivity index (χ3n) is 12.5. The number of aromatic nitrogens is 1. The van der Waals surface area contributed by atoms with Crippen LogP contribution in [0.15, 0.2) is 200 Å². The van der Waals surface area contributed by atoms with Gasteiger partial charge in [-0.2, -0.15) is 0 Å². The second-order valence-electron chi connectivity index (χ2n) is 16.3. The largest absolute Gasteiger partial charge is 0.310 e. The van der Waals surface area contributed by atoms with Crippen molar-refractivity contribution in [3.05, 3.63) is 217 Å². The van der Waals surface area contributed by atoms with Crippen molar-refractivity contribution in [2.24, 2.45) is 0 Å². The minimum atomic E-state index is -0.198. The zero-order chi connectivity index (χ0) is 39.0. The summed E-state index contributed by atoms with van der Waals surface area (Å²) in [5.74, 6) is 0. The molecule has 0 amide bonds. The third-order valence-corrected chi connectivity index (χ3v) is 12.5. The van der Waals surface area contributed by atoms with Gasteiger partial charge in [0.25, 0.3) is 0 Å². The molecule has 0 radical (unpaired) electrons. The first-order valence-electron chi connectivity index (χ1n) is 20.3. The summed E-state index contributed by atoms with van der Waals surface area (Å²) >= 11 is 0. The monoisotopic (exact) mass is 742 g/mol. The Morgan fingerprint density at radius 2 is 0.966 bits per heavy atom. The first-order valence-corrected chi connectivity index (χ1v) is 20.3. The second-order valence-corrected chi connectivity index (χ2v) is 16.3. The molecular formula is C56H42N2. The summed E-state index contributed by atoms with van der Waals surface area (Å²) in [4.78, 5) is 2.39. The lowest BCUT2D eigenvalue weighted by molar-refractivity contribution is 0.660. The predicted octanol–water partition coefficient (Wildman–Crippen LogP) is 15.4. The molecular weight excluding hydrogens is 701 g/mol. The van der Waals surface area contributed by atoms with Crippen molar-refractivity contribution in [1.29, 1.82) is 0 Å². The van der Waals surface area contributed by atoms with Gasteiger partial charge in [0.1, 0.15) is 0 Å². The van der Waals surface area contributed by atoms with E-state index in [9.17, 15) is 0 Å². The number of nitrogens with zero attached hydrogens (tertiary/aromatic N) is 2. The number of fused-ring (bicyclic) bond motifs is 7. The van der Waals surface area contributed by atoms with E-state index in [4.69, 9.17) is 0 Å². The Hall–Kier alpha value is -7.16. The van der Waals surface area contributed by atoms with E-state index in [0.717, 1.165) is 17.1 Å². The highest BCUT2D eigenvalue weighted by Crippen LogP contribution is 2.51. The fraction of sp³-hybridized carbons (Fsp3) is 0.0714. The number of para-hydroxylation sites is 3. The fourth-order valence-corrected chi connectivity index (χ4v) is 9.52. The van der Waals surface area contributed by atoms with Crippen LogP contribution in [0.3, 0.4) is 0 Å². The van der Waals surface area contributed by atoms with Crippen molar-refractivity contribution in [1.82, 2.24) is 4.57 Å². The van der Waals surface area contributed by atoms with Crippen LogP contribution in [0.4, 0.5) is 17.1 Å². The van der Waals surface area contributed by atoms with Crippen LogP contribution in [0, 0.1) is 6.92 Å². The quantitative estimate of drug-likeness (QED) is 0.165. The molecule has 1 aliphatic rings. The zero-order valence-corrected chi connectivity index (χ0v) is 32.9. The molecule has 1 heterocycles. The maximum Gasteiger partial charge on any atom is 0.0541 e. The molecule has 0 saturated heterocycles. The van der Waals surface area contributed by atoms with E-state index in [1.807, 2.05) is 0 Å². The molecule has 0 unspecified atom stereocenters. The summed E-state index contributed by atoms with van der Waals surface area (Å²) in [6, 6.07) is 73.7. The third kappa shape index (κ3) is 5.40. The lowest BCUT2D eigenvalue weighted by atomic mass is 9.82. The van der Waals surface area contributed by atoms with E-state index >= 15 is 0 Å². The average Bonchev–Trinajstić information content (AvgIpc) is 3.72. The van der Waals surface area contributed by atoms with Crippen molar-refractivity contribution in [3.8, 4) is 39.1 Å². The average molecular weight is 743 g/mol. The van der Waals surface area contributed by atoms with E-state index < -0.39 is 0 Å². The molecule has 9 aromatic carbocycles. The molecule has 10 aromatic rings. The molecule has 0 spiro atoms. The van der Waals surface area contributed by atoms with Crippen molar-refractivity contribution < 1.29 is 0 Å². The summed E-state index contributed by atoms with van der Waals surface area (Å²) in [6.07, 6.45) is 0. The number of hydrogen-bond acceptors (Lipinski definition) is 1. The van der Waals surface area contributed by atoms with Gasteiger partial charge in [0.15, 0.2) is 0 Å². The van der Waals surface area contributed by atoms with Crippen LogP contribution in [-0.4, -0.2) is 4.57 Å². The zero-order valence-electron chi connectivity index (χ0n) is 32.9. The topological polar surface area (TPSA) is 8.17 Å². The predicted molar refractivity (Wildman–Crippen MR) is 246 cm³/mol. The second kappa shape index (κ2) is 13.2. The molecule has 2 nitrogen and oxygen atoms in total. The minimum absolute atomic E-state index is 0.198. The van der Waals surface area contributed by atoms with Crippen LogP contribution in [0.25, 0.3) is 71.6 Å². The number of anilines is 3. The Bertz CT molecular complexity index is 3150. The summed E-state index contributed by atoms with van der Waals surface area (Å²) in [7, 11) is 0. The molecule has 0 aliphatic heterocycles. The fourth-order valence-electron chi connectivity index (χ4n) is 9.52. The van der Waals surface area contributed by atoms with Crippen molar-refractivity contribution in [2.75, 3.05) is 4.90 Å². The van der Waals surface area contributed by atoms with Crippen LogP contribution in [-0.2, 0) is 5.41 Å². The van der Waals surface area contributed by atoms with Gasteiger partial charge in [-0.1, -0.05) is 141 Å². The number of benzene rings is 9. The summed E-state index contributed by atoms with van der Waals surface area (Å²) in [6.45, 7) is 6.94. The molecule has 0 saturated carbocycles. The molecule has 2 heteroatoms. The molecule has 0 atom stereocenters. The van der Waals surface area contributed by atoms with E-state index in [2.05, 4.69) is 230 Å². The molecule has 276 valence electrons. The van der Waals surface area contributed by atoms with Gasteiger partial charge in [0.05, 0.1) is 11.0 Å². The van der Waals surface area contributed by atoms with Crippen LogP contribution >= 0.6 is 0 Å². The van der Waals surface area contributed by atoms with E-state index in [0.29, 0.717) is 0 Å². The molecule has 58 heavy (non-hydrogen) atoms. The highest BCUT2D eigenvalue weighted by Gasteiger charge is 2.36. The van der Waals surface area contributed by atoms with E-state index in [1.54, 1.807) is 0 Å². The SMILES string of the molecule is Cc1cccc2cc(-c3cccc(-c4ccc(N(c5ccccc5)c5ccc6c(c5)C(C)(C)c5cc(-n7c8ccccc8c8ccccc87)ccc5-6)cc4)c3)ccc12. The van der Waals surface area contributed by atoms with Crippen molar-refractivity contribution in [3.63, 3.8) is 0 Å². The van der Waals surface area contributed by atoms with Crippen LogP contribution in [0.5, 0.6) is 0 Å². The van der Waals surface area contributed by atoms with Gasteiger partial charge in [-0.25, -0.2) is 0 Å².